The predicted octanol–water partition coefficient (Wildman–Crippen LogP) is 4.10. The van der Waals surface area contributed by atoms with Crippen molar-refractivity contribution in [1.29, 1.82) is 0 Å². The Morgan fingerprint density at radius 1 is 1.22 bits per heavy atom. The Hall–Kier alpha value is -1.07. The molecule has 0 radical (unpaired) electrons. The second-order valence-electron chi connectivity index (χ2n) is 7.58. The van der Waals surface area contributed by atoms with Crippen molar-refractivity contribution < 1.29 is 9.90 Å². The number of nitrogens with one attached hydrogen (secondary N) is 1. The van der Waals surface area contributed by atoms with Gasteiger partial charge in [-0.25, -0.2) is 0 Å². The molecule has 1 aromatic carbocycles. The molecule has 4 nitrogen and oxygen atoms in total. The molecule has 1 saturated carbocycles. The molecule has 1 saturated heterocycles. The number of carboxylic acids is 1. The third kappa shape index (κ3) is 7.82. The van der Waals surface area contributed by atoms with E-state index in [0.717, 1.165) is 25.6 Å². The van der Waals surface area contributed by atoms with Gasteiger partial charge in [-0.05, 0) is 63.2 Å². The minimum atomic E-state index is -0.692. The zero-order valence-corrected chi connectivity index (χ0v) is 17.6. The zero-order chi connectivity index (χ0) is 17.6. The zero-order valence-electron chi connectivity index (χ0n) is 16.0. The van der Waals surface area contributed by atoms with E-state index in [1.165, 1.54) is 30.4 Å². The first-order valence-corrected chi connectivity index (χ1v) is 9.52. The second-order valence-corrected chi connectivity index (χ2v) is 7.58. The highest BCUT2D eigenvalue weighted by Gasteiger charge is 2.38. The molecule has 0 spiro atoms. The van der Waals surface area contributed by atoms with Crippen molar-refractivity contribution in [1.82, 2.24) is 10.2 Å². The van der Waals surface area contributed by atoms with Gasteiger partial charge in [-0.15, -0.1) is 24.8 Å². The van der Waals surface area contributed by atoms with E-state index in [1.54, 1.807) is 0 Å². The summed E-state index contributed by atoms with van der Waals surface area (Å²) in [4.78, 5) is 12.9. The monoisotopic (exact) mass is 414 g/mol. The molecule has 0 amide bonds. The van der Waals surface area contributed by atoms with Crippen molar-refractivity contribution in [2.75, 3.05) is 26.2 Å². The molecule has 1 aliphatic carbocycles. The fraction of sp³-hybridized carbons (Fsp3) is 0.571. The summed E-state index contributed by atoms with van der Waals surface area (Å²) in [5.74, 6) is 0.735. The maximum Gasteiger partial charge on any atom is 0.304 e. The predicted molar refractivity (Wildman–Crippen MR) is 116 cm³/mol. The molecule has 1 heterocycles. The molecule has 0 aromatic heterocycles. The van der Waals surface area contributed by atoms with Crippen LogP contribution in [0.5, 0.6) is 0 Å². The number of carbonyl (C=O) groups is 1. The minimum Gasteiger partial charge on any atom is -0.481 e. The number of benzene rings is 1. The molecule has 1 unspecified atom stereocenters. The lowest BCUT2D eigenvalue weighted by molar-refractivity contribution is -0.137. The normalized spacial score (nSPS) is 23.2. The summed E-state index contributed by atoms with van der Waals surface area (Å²) in [5.41, 5.74) is 2.77. The summed E-state index contributed by atoms with van der Waals surface area (Å²) in [6.07, 6.45) is 6.20. The summed E-state index contributed by atoms with van der Waals surface area (Å²) in [7, 11) is 0. The molecule has 27 heavy (non-hydrogen) atoms. The Kier molecular flexibility index (Phi) is 10.4. The van der Waals surface area contributed by atoms with Crippen LogP contribution in [-0.4, -0.2) is 48.2 Å². The van der Waals surface area contributed by atoms with Gasteiger partial charge >= 0.3 is 5.97 Å². The van der Waals surface area contributed by atoms with Gasteiger partial charge in [-0.3, -0.25) is 4.79 Å². The standard InChI is InChI=1S/C21H30N2O2.2ClH/c1-16(13-17-5-3-2-4-6-17)19-14-20(19)22-15-18-7-10-23(11-8-18)12-9-21(24)25;;/h2-6,13,18-20,22H,7-12,14-15H2,1H3,(H,24,25);2*1H/t19?,20-;;/m0../s1. The van der Waals surface area contributed by atoms with Crippen molar-refractivity contribution in [3.63, 3.8) is 0 Å². The second kappa shape index (κ2) is 11.7. The Morgan fingerprint density at radius 2 is 1.89 bits per heavy atom. The van der Waals surface area contributed by atoms with E-state index in [1.807, 2.05) is 0 Å². The number of nitrogens with zero attached hydrogens (tertiary/aromatic N) is 1. The number of carboxylic acid groups (broad SMARTS) is 1. The van der Waals surface area contributed by atoms with Crippen LogP contribution in [0.4, 0.5) is 0 Å². The third-order valence-corrected chi connectivity index (χ3v) is 5.59. The van der Waals surface area contributed by atoms with E-state index in [0.29, 0.717) is 18.5 Å². The van der Waals surface area contributed by atoms with Gasteiger partial charge in [0, 0.05) is 12.6 Å². The van der Waals surface area contributed by atoms with Crippen molar-refractivity contribution in [2.45, 2.75) is 38.6 Å². The Balaban J connectivity index is 0.00000182. The number of halogens is 2. The molecule has 1 aliphatic heterocycles. The van der Waals surface area contributed by atoms with Gasteiger partial charge in [-0.2, -0.15) is 0 Å². The lowest BCUT2D eigenvalue weighted by Crippen LogP contribution is -2.38. The number of aliphatic carboxylic acids is 1. The van der Waals surface area contributed by atoms with Crippen LogP contribution in [-0.2, 0) is 4.79 Å². The summed E-state index contributed by atoms with van der Waals surface area (Å²) in [6.45, 7) is 6.14. The molecule has 2 atom stereocenters. The van der Waals surface area contributed by atoms with Crippen molar-refractivity contribution in [3.8, 4) is 0 Å². The Labute approximate surface area is 175 Å². The molecule has 3 rings (SSSR count). The molecule has 2 aliphatic rings. The number of rotatable bonds is 8. The highest BCUT2D eigenvalue weighted by molar-refractivity contribution is 5.85. The highest BCUT2D eigenvalue weighted by Crippen LogP contribution is 2.38. The molecule has 0 bridgehead atoms. The molecule has 2 fully saturated rings. The van der Waals surface area contributed by atoms with Crippen LogP contribution in [0.2, 0.25) is 0 Å². The Bertz CT molecular complexity index is 601. The first-order valence-electron chi connectivity index (χ1n) is 9.52. The molecule has 152 valence electrons. The van der Waals surface area contributed by atoms with E-state index in [-0.39, 0.29) is 31.2 Å². The molecular weight excluding hydrogens is 383 g/mol. The van der Waals surface area contributed by atoms with E-state index < -0.39 is 5.97 Å². The number of piperidine rings is 1. The van der Waals surface area contributed by atoms with E-state index in [9.17, 15) is 4.79 Å². The van der Waals surface area contributed by atoms with Gasteiger partial charge in [0.1, 0.15) is 0 Å². The quantitative estimate of drug-likeness (QED) is 0.671. The fourth-order valence-corrected chi connectivity index (χ4v) is 3.83. The summed E-state index contributed by atoms with van der Waals surface area (Å²) in [5, 5.41) is 12.5. The van der Waals surface area contributed by atoms with Crippen molar-refractivity contribution in [3.05, 3.63) is 41.5 Å². The van der Waals surface area contributed by atoms with Crippen molar-refractivity contribution in [2.24, 2.45) is 11.8 Å². The first-order chi connectivity index (χ1) is 12.1. The molecular formula is C21H32Cl2N2O2. The van der Waals surface area contributed by atoms with Gasteiger partial charge in [0.25, 0.3) is 0 Å². The third-order valence-electron chi connectivity index (χ3n) is 5.59. The van der Waals surface area contributed by atoms with Gasteiger partial charge in [-0.1, -0.05) is 42.0 Å². The van der Waals surface area contributed by atoms with Crippen LogP contribution < -0.4 is 5.32 Å². The van der Waals surface area contributed by atoms with Crippen LogP contribution in [0.3, 0.4) is 0 Å². The minimum absolute atomic E-state index is 0. The first kappa shape index (κ1) is 24.0. The van der Waals surface area contributed by atoms with E-state index in [2.05, 4.69) is 53.5 Å². The van der Waals surface area contributed by atoms with Crippen LogP contribution in [0.15, 0.2) is 35.9 Å². The number of hydrogen-bond donors (Lipinski definition) is 2. The molecule has 1 aromatic rings. The highest BCUT2D eigenvalue weighted by atomic mass is 35.5. The molecule has 2 N–H and O–H groups in total. The van der Waals surface area contributed by atoms with Gasteiger partial charge in [0.2, 0.25) is 0 Å². The van der Waals surface area contributed by atoms with Gasteiger partial charge in [0.05, 0.1) is 6.42 Å². The lowest BCUT2D eigenvalue weighted by atomic mass is 9.96. The maximum atomic E-state index is 10.7. The van der Waals surface area contributed by atoms with E-state index in [4.69, 9.17) is 5.11 Å². The summed E-state index contributed by atoms with van der Waals surface area (Å²) in [6, 6.07) is 11.2. The van der Waals surface area contributed by atoms with Crippen LogP contribution in [0, 0.1) is 11.8 Å². The fourth-order valence-electron chi connectivity index (χ4n) is 3.83. The van der Waals surface area contributed by atoms with Crippen LogP contribution in [0.25, 0.3) is 6.08 Å². The van der Waals surface area contributed by atoms with Crippen LogP contribution in [0.1, 0.15) is 38.2 Å². The average Bonchev–Trinajstić information content (AvgIpc) is 3.40. The van der Waals surface area contributed by atoms with E-state index >= 15 is 0 Å². The van der Waals surface area contributed by atoms with Gasteiger partial charge < -0.3 is 15.3 Å². The summed E-state index contributed by atoms with van der Waals surface area (Å²) < 4.78 is 0. The number of likely N-dealkylation sites (tertiary alicyclic amines) is 1. The number of hydrogen-bond acceptors (Lipinski definition) is 3. The van der Waals surface area contributed by atoms with Crippen molar-refractivity contribution >= 4 is 36.9 Å². The smallest absolute Gasteiger partial charge is 0.304 e. The average molecular weight is 415 g/mol. The van der Waals surface area contributed by atoms with Gasteiger partial charge in [0.15, 0.2) is 0 Å². The maximum absolute atomic E-state index is 10.7. The van der Waals surface area contributed by atoms with Crippen LogP contribution >= 0.6 is 24.8 Å². The SMILES string of the molecule is CC(=Cc1ccccc1)C1C[C@@H]1NCC1CCN(CCC(=O)O)CC1.Cl.Cl. The molecule has 6 heteroatoms. The Morgan fingerprint density at radius 3 is 2.52 bits per heavy atom. The summed E-state index contributed by atoms with van der Waals surface area (Å²) >= 11 is 0. The lowest BCUT2D eigenvalue weighted by Gasteiger charge is -2.31. The largest absolute Gasteiger partial charge is 0.481 e. The topological polar surface area (TPSA) is 52.6 Å².